The van der Waals surface area contributed by atoms with Gasteiger partial charge in [-0.2, -0.15) is 0 Å². The molecule has 6 nitrogen and oxygen atoms in total. The average molecular weight is 418 g/mol. The fourth-order valence-corrected chi connectivity index (χ4v) is 4.90. The molecule has 29 heavy (non-hydrogen) atoms. The number of amides is 1. The van der Waals surface area contributed by atoms with Crippen molar-refractivity contribution < 1.29 is 4.79 Å². The van der Waals surface area contributed by atoms with Gasteiger partial charge in [-0.05, 0) is 50.9 Å². The number of nitrogens with one attached hydrogen (secondary N) is 2. The van der Waals surface area contributed by atoms with E-state index in [2.05, 4.69) is 57.8 Å². The third-order valence-electron chi connectivity index (χ3n) is 5.74. The lowest BCUT2D eigenvalue weighted by Gasteiger charge is -2.25. The average Bonchev–Trinajstić information content (AvgIpc) is 3.33. The quantitative estimate of drug-likeness (QED) is 0.477. The van der Waals surface area contributed by atoms with Gasteiger partial charge in [-0.25, -0.2) is 4.99 Å². The van der Waals surface area contributed by atoms with Crippen molar-refractivity contribution in [3.8, 4) is 0 Å². The predicted molar refractivity (Wildman–Crippen MR) is 122 cm³/mol. The Hall–Kier alpha value is -1.73. The lowest BCUT2D eigenvalue weighted by molar-refractivity contribution is -0.127. The van der Waals surface area contributed by atoms with Crippen molar-refractivity contribution in [3.63, 3.8) is 0 Å². The van der Waals surface area contributed by atoms with E-state index in [0.29, 0.717) is 6.04 Å². The molecule has 0 bridgehead atoms. The van der Waals surface area contributed by atoms with Crippen LogP contribution in [0.15, 0.2) is 40.2 Å². The number of aliphatic imine (C=N–C) groups is 1. The van der Waals surface area contributed by atoms with E-state index < -0.39 is 0 Å². The first-order chi connectivity index (χ1) is 14.0. The van der Waals surface area contributed by atoms with Crippen LogP contribution in [0.25, 0.3) is 0 Å². The Morgan fingerprint density at radius 1 is 1.28 bits per heavy atom. The van der Waals surface area contributed by atoms with Crippen LogP contribution in [0, 0.1) is 0 Å². The van der Waals surface area contributed by atoms with E-state index in [4.69, 9.17) is 0 Å². The van der Waals surface area contributed by atoms with Crippen LogP contribution in [0.3, 0.4) is 0 Å². The number of carbonyl (C=O) groups excluding carboxylic acids is 1. The fourth-order valence-electron chi connectivity index (χ4n) is 3.66. The van der Waals surface area contributed by atoms with Crippen molar-refractivity contribution in [2.75, 3.05) is 46.8 Å². The SMILES string of the molecule is CCN1CCCC1CNC(=NCC(=O)N(C)C)NCC1(Sc2ccccc2)CC1. The smallest absolute Gasteiger partial charge is 0.243 e. The lowest BCUT2D eigenvalue weighted by atomic mass is 10.2. The highest BCUT2D eigenvalue weighted by Crippen LogP contribution is 2.51. The second kappa shape index (κ2) is 10.3. The highest BCUT2D eigenvalue weighted by atomic mass is 32.2. The van der Waals surface area contributed by atoms with Crippen molar-refractivity contribution in [1.82, 2.24) is 20.4 Å². The van der Waals surface area contributed by atoms with Gasteiger partial charge in [-0.3, -0.25) is 9.69 Å². The van der Waals surface area contributed by atoms with Crippen LogP contribution >= 0.6 is 11.8 Å². The summed E-state index contributed by atoms with van der Waals surface area (Å²) in [5.41, 5.74) is 0. The molecule has 1 saturated heterocycles. The fraction of sp³-hybridized carbons (Fsp3) is 0.636. The molecule has 0 aromatic heterocycles. The Bertz CT molecular complexity index is 690. The molecule has 0 spiro atoms. The summed E-state index contributed by atoms with van der Waals surface area (Å²) in [6.07, 6.45) is 4.89. The number of likely N-dealkylation sites (tertiary alicyclic amines) is 1. The predicted octanol–water partition coefficient (Wildman–Crippen LogP) is 2.42. The van der Waals surface area contributed by atoms with E-state index in [-0.39, 0.29) is 17.2 Å². The van der Waals surface area contributed by atoms with Gasteiger partial charge in [-0.1, -0.05) is 25.1 Å². The Morgan fingerprint density at radius 2 is 2.03 bits per heavy atom. The standard InChI is InChI=1S/C22H35N5OS/c1-4-27-14-8-9-18(27)15-23-21(24-16-20(28)26(2)3)25-17-22(12-13-22)29-19-10-6-5-7-11-19/h5-7,10-11,18H,4,8-9,12-17H2,1-3H3,(H2,23,24,25). The molecular formula is C22H35N5OS. The van der Waals surface area contributed by atoms with Crippen LogP contribution in [0.1, 0.15) is 32.6 Å². The first-order valence-electron chi connectivity index (χ1n) is 10.7. The zero-order chi connectivity index (χ0) is 20.7. The monoisotopic (exact) mass is 417 g/mol. The van der Waals surface area contributed by atoms with E-state index >= 15 is 0 Å². The third-order valence-corrected chi connectivity index (χ3v) is 7.24. The topological polar surface area (TPSA) is 60.0 Å². The summed E-state index contributed by atoms with van der Waals surface area (Å²) in [4.78, 5) is 22.0. The van der Waals surface area contributed by atoms with Crippen molar-refractivity contribution in [3.05, 3.63) is 30.3 Å². The minimum Gasteiger partial charge on any atom is -0.355 e. The summed E-state index contributed by atoms with van der Waals surface area (Å²) >= 11 is 1.95. The molecule has 1 aliphatic carbocycles. The molecule has 2 fully saturated rings. The molecule has 7 heteroatoms. The van der Waals surface area contributed by atoms with Crippen LogP contribution in [0.5, 0.6) is 0 Å². The van der Waals surface area contributed by atoms with Crippen molar-refractivity contribution in [2.24, 2.45) is 4.99 Å². The van der Waals surface area contributed by atoms with Gasteiger partial charge >= 0.3 is 0 Å². The molecule has 0 radical (unpaired) electrons. The lowest BCUT2D eigenvalue weighted by Crippen LogP contribution is -2.47. The number of guanidine groups is 1. The van der Waals surface area contributed by atoms with E-state index in [9.17, 15) is 4.79 Å². The Kier molecular flexibility index (Phi) is 7.84. The molecule has 1 aromatic rings. The van der Waals surface area contributed by atoms with Gasteiger partial charge in [0.15, 0.2) is 5.96 Å². The molecule has 1 saturated carbocycles. The molecule has 1 unspecified atom stereocenters. The van der Waals surface area contributed by atoms with E-state index in [0.717, 1.165) is 25.6 Å². The number of carbonyl (C=O) groups is 1. The molecule has 1 aliphatic heterocycles. The van der Waals surface area contributed by atoms with Crippen LogP contribution in [0.2, 0.25) is 0 Å². The van der Waals surface area contributed by atoms with Gasteiger partial charge in [0, 0.05) is 42.9 Å². The van der Waals surface area contributed by atoms with Crippen LogP contribution < -0.4 is 10.6 Å². The van der Waals surface area contributed by atoms with Gasteiger partial charge in [0.2, 0.25) is 5.91 Å². The second-order valence-electron chi connectivity index (χ2n) is 8.21. The highest BCUT2D eigenvalue weighted by Gasteiger charge is 2.43. The summed E-state index contributed by atoms with van der Waals surface area (Å²) in [5.74, 6) is 0.769. The van der Waals surface area contributed by atoms with Gasteiger partial charge < -0.3 is 15.5 Å². The summed E-state index contributed by atoms with van der Waals surface area (Å²) in [6.45, 7) is 6.38. The number of benzene rings is 1. The molecule has 2 aliphatic rings. The number of hydrogen-bond acceptors (Lipinski definition) is 4. The minimum absolute atomic E-state index is 0.0157. The van der Waals surface area contributed by atoms with E-state index in [1.54, 1.807) is 19.0 Å². The summed E-state index contributed by atoms with van der Waals surface area (Å²) < 4.78 is 0.234. The molecule has 160 valence electrons. The molecular weight excluding hydrogens is 382 g/mol. The minimum atomic E-state index is 0.0157. The van der Waals surface area contributed by atoms with Gasteiger partial charge in [0.1, 0.15) is 6.54 Å². The number of rotatable bonds is 9. The van der Waals surface area contributed by atoms with E-state index in [1.165, 1.54) is 37.1 Å². The normalized spacial score (nSPS) is 21.1. The Morgan fingerprint density at radius 3 is 2.69 bits per heavy atom. The van der Waals surface area contributed by atoms with Crippen molar-refractivity contribution in [2.45, 2.75) is 48.3 Å². The molecule has 1 amide bonds. The number of likely N-dealkylation sites (N-methyl/N-ethyl adjacent to an activating group) is 2. The van der Waals surface area contributed by atoms with Crippen LogP contribution in [-0.4, -0.2) is 79.3 Å². The Labute approximate surface area is 179 Å². The number of hydrogen-bond donors (Lipinski definition) is 2. The van der Waals surface area contributed by atoms with Gasteiger partial charge in [0.25, 0.3) is 0 Å². The third kappa shape index (κ3) is 6.64. The highest BCUT2D eigenvalue weighted by molar-refractivity contribution is 8.01. The zero-order valence-electron chi connectivity index (χ0n) is 18.0. The largest absolute Gasteiger partial charge is 0.355 e. The zero-order valence-corrected chi connectivity index (χ0v) is 18.8. The molecule has 1 heterocycles. The van der Waals surface area contributed by atoms with Crippen LogP contribution in [0.4, 0.5) is 0 Å². The first-order valence-corrected chi connectivity index (χ1v) is 11.5. The maximum absolute atomic E-state index is 12.0. The van der Waals surface area contributed by atoms with Crippen LogP contribution in [-0.2, 0) is 4.79 Å². The number of thioether (sulfide) groups is 1. The maximum atomic E-state index is 12.0. The summed E-state index contributed by atoms with van der Waals surface area (Å²) in [5, 5.41) is 7.02. The molecule has 3 rings (SSSR count). The van der Waals surface area contributed by atoms with E-state index in [1.807, 2.05) is 11.8 Å². The number of nitrogens with zero attached hydrogens (tertiary/aromatic N) is 3. The van der Waals surface area contributed by atoms with Gasteiger partial charge in [0.05, 0.1) is 0 Å². The van der Waals surface area contributed by atoms with Gasteiger partial charge in [-0.15, -0.1) is 11.8 Å². The second-order valence-corrected chi connectivity index (χ2v) is 9.75. The molecule has 1 atom stereocenters. The Balaban J connectivity index is 1.57. The van der Waals surface area contributed by atoms with Crippen molar-refractivity contribution >= 4 is 23.6 Å². The van der Waals surface area contributed by atoms with Crippen molar-refractivity contribution in [1.29, 1.82) is 0 Å². The maximum Gasteiger partial charge on any atom is 0.243 e. The first kappa shape index (κ1) is 22.0. The molecule has 1 aromatic carbocycles. The summed E-state index contributed by atoms with van der Waals surface area (Å²) in [6, 6.07) is 11.1. The molecule has 2 N–H and O–H groups in total. The summed E-state index contributed by atoms with van der Waals surface area (Å²) in [7, 11) is 3.54.